The fraction of sp³-hybridized carbons (Fsp3) is 0.467. The predicted octanol–water partition coefficient (Wildman–Crippen LogP) is 2.98. The van der Waals surface area contributed by atoms with Crippen molar-refractivity contribution in [2.75, 3.05) is 6.61 Å². The Morgan fingerprint density at radius 1 is 1.44 bits per heavy atom. The van der Waals surface area contributed by atoms with Gasteiger partial charge in [0.1, 0.15) is 0 Å². The molecule has 0 heterocycles. The van der Waals surface area contributed by atoms with E-state index >= 15 is 0 Å². The SMILES string of the molecule is CCOC(=O)C(C)(C)c1cccc(CCC#N)c1. The average molecular weight is 245 g/mol. The minimum atomic E-state index is -0.654. The van der Waals surface area contributed by atoms with Crippen molar-refractivity contribution in [1.82, 2.24) is 0 Å². The predicted molar refractivity (Wildman–Crippen MR) is 70.0 cm³/mol. The van der Waals surface area contributed by atoms with Crippen LogP contribution in [0, 0.1) is 11.3 Å². The Morgan fingerprint density at radius 2 is 2.17 bits per heavy atom. The molecule has 0 N–H and O–H groups in total. The largest absolute Gasteiger partial charge is 0.465 e. The normalized spacial score (nSPS) is 10.8. The van der Waals surface area contributed by atoms with Crippen LogP contribution in [0.4, 0.5) is 0 Å². The van der Waals surface area contributed by atoms with Gasteiger partial charge in [0.15, 0.2) is 0 Å². The van der Waals surface area contributed by atoms with Crippen LogP contribution in [0.25, 0.3) is 0 Å². The van der Waals surface area contributed by atoms with Crippen LogP contribution in [0.5, 0.6) is 0 Å². The zero-order valence-corrected chi connectivity index (χ0v) is 11.2. The molecule has 0 atom stereocenters. The van der Waals surface area contributed by atoms with Gasteiger partial charge in [-0.3, -0.25) is 4.79 Å². The third-order valence-electron chi connectivity index (χ3n) is 2.96. The fourth-order valence-electron chi connectivity index (χ4n) is 1.75. The van der Waals surface area contributed by atoms with Gasteiger partial charge in [-0.05, 0) is 38.3 Å². The Balaban J connectivity index is 2.94. The standard InChI is InChI=1S/C15H19NO2/c1-4-18-14(17)15(2,3)13-9-5-7-12(11-13)8-6-10-16/h5,7,9,11H,4,6,8H2,1-3H3. The van der Waals surface area contributed by atoms with Crippen molar-refractivity contribution in [2.45, 2.75) is 39.0 Å². The van der Waals surface area contributed by atoms with E-state index in [-0.39, 0.29) is 5.97 Å². The number of rotatable bonds is 5. The maximum atomic E-state index is 11.9. The molecule has 0 aliphatic carbocycles. The van der Waals surface area contributed by atoms with Crippen LogP contribution in [0.1, 0.15) is 38.3 Å². The molecule has 0 saturated heterocycles. The average Bonchev–Trinajstić information content (AvgIpc) is 2.37. The Bertz CT molecular complexity index is 458. The molecule has 0 saturated carbocycles. The van der Waals surface area contributed by atoms with E-state index in [2.05, 4.69) is 6.07 Å². The molecule has 0 amide bonds. The van der Waals surface area contributed by atoms with Gasteiger partial charge in [0.2, 0.25) is 0 Å². The third-order valence-corrected chi connectivity index (χ3v) is 2.96. The molecule has 0 aromatic heterocycles. The molecular formula is C15H19NO2. The van der Waals surface area contributed by atoms with E-state index < -0.39 is 5.41 Å². The van der Waals surface area contributed by atoms with Gasteiger partial charge in [-0.25, -0.2) is 0 Å². The summed E-state index contributed by atoms with van der Waals surface area (Å²) in [7, 11) is 0. The van der Waals surface area contributed by atoms with Gasteiger partial charge in [-0.2, -0.15) is 5.26 Å². The fourth-order valence-corrected chi connectivity index (χ4v) is 1.75. The van der Waals surface area contributed by atoms with Gasteiger partial charge in [0.25, 0.3) is 0 Å². The Hall–Kier alpha value is -1.82. The van der Waals surface area contributed by atoms with Crippen molar-refractivity contribution in [3.8, 4) is 6.07 Å². The van der Waals surface area contributed by atoms with Crippen molar-refractivity contribution in [2.24, 2.45) is 0 Å². The number of hydrogen-bond acceptors (Lipinski definition) is 3. The summed E-state index contributed by atoms with van der Waals surface area (Å²) in [4.78, 5) is 11.9. The van der Waals surface area contributed by atoms with E-state index in [1.165, 1.54) is 0 Å². The first-order valence-corrected chi connectivity index (χ1v) is 6.16. The lowest BCUT2D eigenvalue weighted by Crippen LogP contribution is -2.31. The molecule has 0 fully saturated rings. The number of carbonyl (C=O) groups is 1. The van der Waals surface area contributed by atoms with E-state index in [9.17, 15) is 4.79 Å². The second-order valence-corrected chi connectivity index (χ2v) is 4.70. The quantitative estimate of drug-likeness (QED) is 0.749. The second-order valence-electron chi connectivity index (χ2n) is 4.70. The molecule has 1 rings (SSSR count). The zero-order chi connectivity index (χ0) is 13.6. The number of hydrogen-bond donors (Lipinski definition) is 0. The number of nitriles is 1. The Kier molecular flexibility index (Phi) is 4.91. The summed E-state index contributed by atoms with van der Waals surface area (Å²) < 4.78 is 5.09. The molecule has 1 aromatic rings. The summed E-state index contributed by atoms with van der Waals surface area (Å²) in [6, 6.07) is 9.92. The van der Waals surface area contributed by atoms with E-state index in [1.807, 2.05) is 38.1 Å². The van der Waals surface area contributed by atoms with E-state index in [0.29, 0.717) is 19.4 Å². The molecule has 0 unspecified atom stereocenters. The van der Waals surface area contributed by atoms with Gasteiger partial charge in [-0.15, -0.1) is 0 Å². The van der Waals surface area contributed by atoms with Crippen molar-refractivity contribution in [1.29, 1.82) is 5.26 Å². The van der Waals surface area contributed by atoms with Crippen molar-refractivity contribution in [3.05, 3.63) is 35.4 Å². The summed E-state index contributed by atoms with van der Waals surface area (Å²) in [5.74, 6) is -0.220. The topological polar surface area (TPSA) is 50.1 Å². The first-order valence-electron chi connectivity index (χ1n) is 6.16. The lowest BCUT2D eigenvalue weighted by Gasteiger charge is -2.23. The molecule has 0 bridgehead atoms. The second kappa shape index (κ2) is 6.20. The van der Waals surface area contributed by atoms with Crippen LogP contribution in [0.15, 0.2) is 24.3 Å². The number of esters is 1. The minimum absolute atomic E-state index is 0.220. The first-order chi connectivity index (χ1) is 8.52. The zero-order valence-electron chi connectivity index (χ0n) is 11.2. The third kappa shape index (κ3) is 3.33. The van der Waals surface area contributed by atoms with Crippen LogP contribution in [-0.2, 0) is 21.4 Å². The van der Waals surface area contributed by atoms with Gasteiger partial charge < -0.3 is 4.74 Å². The monoisotopic (exact) mass is 245 g/mol. The number of benzene rings is 1. The first kappa shape index (κ1) is 14.2. The van der Waals surface area contributed by atoms with Crippen molar-refractivity contribution < 1.29 is 9.53 Å². The summed E-state index contributed by atoms with van der Waals surface area (Å²) in [6.45, 7) is 5.90. The highest BCUT2D eigenvalue weighted by Crippen LogP contribution is 2.25. The van der Waals surface area contributed by atoms with Gasteiger partial charge in [0.05, 0.1) is 18.1 Å². The summed E-state index contributed by atoms with van der Waals surface area (Å²) in [5.41, 5.74) is 1.35. The summed E-state index contributed by atoms with van der Waals surface area (Å²) >= 11 is 0. The van der Waals surface area contributed by atoms with Crippen LogP contribution >= 0.6 is 0 Å². The van der Waals surface area contributed by atoms with Gasteiger partial charge in [-0.1, -0.05) is 24.3 Å². The maximum absolute atomic E-state index is 11.9. The molecule has 18 heavy (non-hydrogen) atoms. The smallest absolute Gasteiger partial charge is 0.315 e. The lowest BCUT2D eigenvalue weighted by molar-refractivity contribution is -0.148. The molecule has 96 valence electrons. The molecule has 0 aliphatic heterocycles. The van der Waals surface area contributed by atoms with E-state index in [1.54, 1.807) is 6.92 Å². The molecule has 0 spiro atoms. The molecule has 3 heteroatoms. The van der Waals surface area contributed by atoms with Gasteiger partial charge >= 0.3 is 5.97 Å². The summed E-state index contributed by atoms with van der Waals surface area (Å²) in [5, 5.41) is 8.59. The minimum Gasteiger partial charge on any atom is -0.465 e. The summed E-state index contributed by atoms with van der Waals surface area (Å²) in [6.07, 6.45) is 1.20. The number of nitrogens with zero attached hydrogens (tertiary/aromatic N) is 1. The van der Waals surface area contributed by atoms with E-state index in [4.69, 9.17) is 10.00 Å². The van der Waals surface area contributed by atoms with Crippen LogP contribution in [0.2, 0.25) is 0 Å². The Labute approximate surface area is 108 Å². The molecule has 3 nitrogen and oxygen atoms in total. The van der Waals surface area contributed by atoms with Crippen LogP contribution in [-0.4, -0.2) is 12.6 Å². The van der Waals surface area contributed by atoms with Crippen LogP contribution < -0.4 is 0 Å². The van der Waals surface area contributed by atoms with Crippen molar-refractivity contribution >= 4 is 5.97 Å². The molecule has 1 aromatic carbocycles. The van der Waals surface area contributed by atoms with Crippen molar-refractivity contribution in [3.63, 3.8) is 0 Å². The van der Waals surface area contributed by atoms with E-state index in [0.717, 1.165) is 11.1 Å². The molecular weight excluding hydrogens is 226 g/mol. The lowest BCUT2D eigenvalue weighted by atomic mass is 9.83. The highest BCUT2D eigenvalue weighted by Gasteiger charge is 2.31. The maximum Gasteiger partial charge on any atom is 0.315 e. The number of ether oxygens (including phenoxy) is 1. The van der Waals surface area contributed by atoms with Crippen LogP contribution in [0.3, 0.4) is 0 Å². The number of aryl methyl sites for hydroxylation is 1. The highest BCUT2D eigenvalue weighted by atomic mass is 16.5. The number of carbonyl (C=O) groups excluding carboxylic acids is 1. The van der Waals surface area contributed by atoms with Gasteiger partial charge in [0, 0.05) is 6.42 Å². The molecule has 0 radical (unpaired) electrons. The highest BCUT2D eigenvalue weighted by molar-refractivity contribution is 5.82. The Morgan fingerprint density at radius 3 is 2.78 bits per heavy atom. The molecule has 0 aliphatic rings.